The van der Waals surface area contributed by atoms with Crippen molar-refractivity contribution in [2.24, 2.45) is 51.8 Å². The van der Waals surface area contributed by atoms with Crippen molar-refractivity contribution in [2.75, 3.05) is 13.7 Å². The molecule has 4 saturated carbocycles. The van der Waals surface area contributed by atoms with Gasteiger partial charge in [0, 0.05) is 30.3 Å². The van der Waals surface area contributed by atoms with Crippen molar-refractivity contribution in [3.05, 3.63) is 21.3 Å². The van der Waals surface area contributed by atoms with Gasteiger partial charge < -0.3 is 4.74 Å². The molecule has 196 valence electrons. The summed E-state index contributed by atoms with van der Waals surface area (Å²) in [4.78, 5) is 24.6. The van der Waals surface area contributed by atoms with Crippen LogP contribution in [-0.2, 0) is 9.53 Å². The number of carbonyl (C=O) groups is 1. The van der Waals surface area contributed by atoms with Crippen LogP contribution in [0.5, 0.6) is 0 Å². The predicted molar refractivity (Wildman–Crippen MR) is 137 cm³/mol. The summed E-state index contributed by atoms with van der Waals surface area (Å²) in [5.41, 5.74) is 2.86. The molecule has 0 aromatic carbocycles. The van der Waals surface area contributed by atoms with Crippen molar-refractivity contribution >= 4 is 5.78 Å². The van der Waals surface area contributed by atoms with Crippen LogP contribution in [-0.4, -0.2) is 30.5 Å². The lowest BCUT2D eigenvalue weighted by Crippen LogP contribution is -2.60. The van der Waals surface area contributed by atoms with E-state index in [1.807, 2.05) is 7.11 Å². The highest BCUT2D eigenvalue weighted by Gasteiger charge is 2.64. The minimum absolute atomic E-state index is 0.0161. The van der Waals surface area contributed by atoms with Gasteiger partial charge >= 0.3 is 0 Å². The van der Waals surface area contributed by atoms with Crippen LogP contribution < -0.4 is 0 Å². The van der Waals surface area contributed by atoms with E-state index in [9.17, 15) is 14.9 Å². The molecule has 0 heterocycles. The van der Waals surface area contributed by atoms with Crippen molar-refractivity contribution in [3.63, 3.8) is 0 Å². The first kappa shape index (κ1) is 25.4. The zero-order valence-electron chi connectivity index (χ0n) is 22.9. The van der Waals surface area contributed by atoms with Gasteiger partial charge in [0.25, 0.3) is 0 Å². The molecule has 0 bridgehead atoms. The molecule has 5 heteroatoms. The zero-order valence-corrected chi connectivity index (χ0v) is 22.9. The fourth-order valence-corrected chi connectivity index (χ4v) is 11.0. The number of rotatable bonds is 5. The molecule has 5 nitrogen and oxygen atoms in total. The normalized spacial score (nSPS) is 47.2. The summed E-state index contributed by atoms with van der Waals surface area (Å²) in [7, 11) is 1.89. The smallest absolute Gasteiger partial charge is 0.204 e. The summed E-state index contributed by atoms with van der Waals surface area (Å²) in [6.07, 6.45) is 11.0. The van der Waals surface area contributed by atoms with Crippen LogP contribution in [0.15, 0.2) is 11.1 Å². The first-order chi connectivity index (χ1) is 16.5. The number of Topliss-reactive ketones (excluding diaryl/α,β-unsaturated/α-hetero) is 1. The lowest BCUT2D eigenvalue weighted by atomic mass is 9.38. The van der Waals surface area contributed by atoms with Crippen molar-refractivity contribution in [2.45, 2.75) is 105 Å². The molecule has 5 rings (SSSR count). The van der Waals surface area contributed by atoms with Gasteiger partial charge in [0.1, 0.15) is 0 Å². The Labute approximate surface area is 212 Å². The van der Waals surface area contributed by atoms with Crippen molar-refractivity contribution < 1.29 is 14.5 Å². The molecule has 9 unspecified atom stereocenters. The summed E-state index contributed by atoms with van der Waals surface area (Å²) < 4.78 is 5.90. The molecule has 0 radical (unpaired) electrons. The highest BCUT2D eigenvalue weighted by atomic mass is 16.6. The van der Waals surface area contributed by atoms with Gasteiger partial charge in [-0.05, 0) is 103 Å². The van der Waals surface area contributed by atoms with Gasteiger partial charge in [0.15, 0.2) is 5.78 Å². The minimum atomic E-state index is -0.250. The fraction of sp³-hybridized carbons (Fsp3) is 0.900. The molecule has 5 aliphatic rings. The average molecular weight is 486 g/mol. The van der Waals surface area contributed by atoms with Gasteiger partial charge in [0.05, 0.1) is 6.10 Å². The molecule has 0 saturated heterocycles. The Kier molecular flexibility index (Phi) is 6.30. The van der Waals surface area contributed by atoms with E-state index in [0.717, 1.165) is 36.7 Å². The molecule has 5 aliphatic carbocycles. The monoisotopic (exact) mass is 485 g/mol. The van der Waals surface area contributed by atoms with Crippen LogP contribution in [0.1, 0.15) is 98.8 Å². The first-order valence-corrected chi connectivity index (χ1v) is 14.4. The first-order valence-electron chi connectivity index (χ1n) is 14.4. The van der Waals surface area contributed by atoms with Crippen LogP contribution in [0.3, 0.4) is 0 Å². The molecule has 9 atom stereocenters. The quantitative estimate of drug-likeness (QED) is 0.315. The SMILES string of the molecule is COC1CCC2(C)C(CCC3(C)C4CCC5(CC[N+](=O)[O-])CC(=O)C(C(C)C)=C5C4CCC32)C1C. The Balaban J connectivity index is 1.51. The van der Waals surface area contributed by atoms with Gasteiger partial charge in [-0.3, -0.25) is 14.9 Å². The Morgan fingerprint density at radius 1 is 1.03 bits per heavy atom. The second kappa shape index (κ2) is 8.67. The predicted octanol–water partition coefficient (Wildman–Crippen LogP) is 6.87. The van der Waals surface area contributed by atoms with E-state index in [1.54, 1.807) is 0 Å². The molecular formula is C30H47NO4. The van der Waals surface area contributed by atoms with Crippen molar-refractivity contribution in [1.29, 1.82) is 0 Å². The Morgan fingerprint density at radius 2 is 1.69 bits per heavy atom. The van der Waals surface area contributed by atoms with Crippen LogP contribution in [0.25, 0.3) is 0 Å². The number of methoxy groups -OCH3 is 1. The molecule has 0 amide bonds. The molecular weight excluding hydrogens is 438 g/mol. The van der Waals surface area contributed by atoms with Gasteiger partial charge in [0.2, 0.25) is 6.54 Å². The van der Waals surface area contributed by atoms with Gasteiger partial charge in [-0.1, -0.05) is 40.2 Å². The summed E-state index contributed by atoms with van der Waals surface area (Å²) in [6, 6.07) is 0. The second-order valence-corrected chi connectivity index (χ2v) is 13.9. The lowest BCUT2D eigenvalue weighted by Gasteiger charge is -2.67. The number of ketones is 1. The maximum atomic E-state index is 13.4. The molecule has 35 heavy (non-hydrogen) atoms. The standard InChI is InChI=1S/C30H47NO4/c1-18(2)26-23(32)17-30(15-16-31(33)34)14-10-22-20(27(26)30)7-8-25-28(4)13-11-24(35-6)19(3)21(28)9-12-29(22,25)5/h18-22,24-25H,7-17H2,1-6H3. The van der Waals surface area contributed by atoms with Crippen LogP contribution in [0.4, 0.5) is 0 Å². The Morgan fingerprint density at radius 3 is 2.34 bits per heavy atom. The number of carbonyl (C=O) groups excluding carboxylic acids is 1. The van der Waals surface area contributed by atoms with Gasteiger partial charge in [-0.25, -0.2) is 0 Å². The van der Waals surface area contributed by atoms with Crippen molar-refractivity contribution in [1.82, 2.24) is 0 Å². The number of fused-ring (bicyclic) bond motifs is 7. The maximum Gasteiger partial charge on any atom is 0.204 e. The zero-order chi connectivity index (χ0) is 25.3. The molecule has 0 aliphatic heterocycles. The van der Waals surface area contributed by atoms with E-state index >= 15 is 0 Å². The number of hydrogen-bond donors (Lipinski definition) is 0. The number of allylic oxidation sites excluding steroid dienone is 2. The lowest BCUT2D eigenvalue weighted by molar-refractivity contribution is -0.482. The summed E-state index contributed by atoms with van der Waals surface area (Å²) in [5.74, 6) is 3.61. The number of hydrogen-bond acceptors (Lipinski definition) is 4. The molecule has 4 fully saturated rings. The summed E-state index contributed by atoms with van der Waals surface area (Å²) >= 11 is 0. The van der Waals surface area contributed by atoms with E-state index in [4.69, 9.17) is 4.74 Å². The molecule has 0 N–H and O–H groups in total. The topological polar surface area (TPSA) is 69.4 Å². The number of nitrogens with zero attached hydrogens (tertiary/aromatic N) is 1. The average Bonchev–Trinajstić information content (AvgIpc) is 3.10. The van der Waals surface area contributed by atoms with E-state index in [1.165, 1.54) is 37.7 Å². The summed E-state index contributed by atoms with van der Waals surface area (Å²) in [6.45, 7) is 11.9. The Hall–Kier alpha value is -1.23. The second-order valence-electron chi connectivity index (χ2n) is 13.9. The van der Waals surface area contributed by atoms with E-state index in [2.05, 4.69) is 34.6 Å². The number of nitro groups is 1. The summed E-state index contributed by atoms with van der Waals surface area (Å²) in [5, 5.41) is 11.4. The minimum Gasteiger partial charge on any atom is -0.381 e. The third-order valence-corrected chi connectivity index (χ3v) is 12.3. The highest BCUT2D eigenvalue weighted by Crippen LogP contribution is 2.72. The number of ether oxygens (including phenoxy) is 1. The van der Waals surface area contributed by atoms with Crippen molar-refractivity contribution in [3.8, 4) is 0 Å². The molecule has 0 aromatic rings. The van der Waals surface area contributed by atoms with E-state index < -0.39 is 0 Å². The Bertz CT molecular complexity index is 925. The van der Waals surface area contributed by atoms with E-state index in [0.29, 0.717) is 47.5 Å². The van der Waals surface area contributed by atoms with Gasteiger partial charge in [-0.15, -0.1) is 0 Å². The van der Waals surface area contributed by atoms with Gasteiger partial charge in [-0.2, -0.15) is 0 Å². The maximum absolute atomic E-state index is 13.4. The van der Waals surface area contributed by atoms with Crippen LogP contribution >= 0.6 is 0 Å². The third-order valence-electron chi connectivity index (χ3n) is 12.3. The van der Waals surface area contributed by atoms with Crippen LogP contribution in [0, 0.1) is 61.9 Å². The highest BCUT2D eigenvalue weighted by molar-refractivity contribution is 6.00. The third kappa shape index (κ3) is 3.61. The fourth-order valence-electron chi connectivity index (χ4n) is 11.0. The van der Waals surface area contributed by atoms with E-state index in [-0.39, 0.29) is 28.6 Å². The van der Waals surface area contributed by atoms with Crippen LogP contribution in [0.2, 0.25) is 0 Å². The molecule has 0 aromatic heterocycles. The molecule has 0 spiro atoms. The largest absolute Gasteiger partial charge is 0.381 e.